The van der Waals surface area contributed by atoms with E-state index >= 15 is 0 Å². The van der Waals surface area contributed by atoms with Gasteiger partial charge in [0.2, 0.25) is 10.0 Å². The Bertz CT molecular complexity index is 763. The fraction of sp³-hybridized carbons (Fsp3) is 0.333. The van der Waals surface area contributed by atoms with Gasteiger partial charge in [-0.3, -0.25) is 0 Å². The topological polar surface area (TPSA) is 46.2 Å². The maximum Gasteiger partial charge on any atom is 0.240 e. The van der Waals surface area contributed by atoms with Crippen LogP contribution in [-0.2, 0) is 10.0 Å². The summed E-state index contributed by atoms with van der Waals surface area (Å²) in [7, 11) is -3.52. The van der Waals surface area contributed by atoms with Crippen molar-refractivity contribution in [3.8, 4) is 0 Å². The predicted octanol–water partition coefficient (Wildman–Crippen LogP) is 4.72. The Balaban J connectivity index is 1.74. The zero-order chi connectivity index (χ0) is 17.0. The van der Waals surface area contributed by atoms with Gasteiger partial charge in [-0.05, 0) is 49.2 Å². The largest absolute Gasteiger partial charge is 0.240 e. The van der Waals surface area contributed by atoms with Crippen molar-refractivity contribution in [2.45, 2.75) is 46.8 Å². The van der Waals surface area contributed by atoms with Crippen molar-refractivity contribution in [3.63, 3.8) is 0 Å². The molecule has 0 bridgehead atoms. The molecule has 0 saturated heterocycles. The molecule has 1 N–H and O–H groups in total. The fourth-order valence-electron chi connectivity index (χ4n) is 2.93. The smallest absolute Gasteiger partial charge is 0.207 e. The first-order chi connectivity index (χ1) is 11.5. The Kier molecular flexibility index (Phi) is 5.87. The zero-order valence-corrected chi connectivity index (χ0v) is 15.6. The number of thioether (sulfide) groups is 1. The molecule has 3 nitrogen and oxygen atoms in total. The van der Waals surface area contributed by atoms with E-state index in [1.165, 1.54) is 4.90 Å². The van der Waals surface area contributed by atoms with E-state index in [2.05, 4.69) is 16.9 Å². The van der Waals surface area contributed by atoms with Crippen LogP contribution in [0.4, 0.5) is 0 Å². The SMILES string of the molecule is O=S(=O)(NC1CCCCC1Sc1ccccc1)c1ccc(Cl)cc1. The van der Waals surface area contributed by atoms with Crippen LogP contribution in [0.1, 0.15) is 25.7 Å². The van der Waals surface area contributed by atoms with Gasteiger partial charge < -0.3 is 0 Å². The zero-order valence-electron chi connectivity index (χ0n) is 13.2. The van der Waals surface area contributed by atoms with Gasteiger partial charge in [0.25, 0.3) is 0 Å². The molecule has 2 atom stereocenters. The number of rotatable bonds is 5. The van der Waals surface area contributed by atoms with Crippen molar-refractivity contribution in [2.24, 2.45) is 0 Å². The van der Waals surface area contributed by atoms with Gasteiger partial charge in [-0.15, -0.1) is 11.8 Å². The van der Waals surface area contributed by atoms with Crippen LogP contribution in [-0.4, -0.2) is 19.7 Å². The molecule has 2 aromatic rings. The molecule has 128 valence electrons. The molecular weight excluding hydrogens is 362 g/mol. The lowest BCUT2D eigenvalue weighted by Crippen LogP contribution is -2.43. The summed E-state index contributed by atoms with van der Waals surface area (Å²) in [6, 6.07) is 16.4. The van der Waals surface area contributed by atoms with E-state index in [0.29, 0.717) is 5.02 Å². The molecule has 0 heterocycles. The molecule has 0 radical (unpaired) electrons. The van der Waals surface area contributed by atoms with Crippen molar-refractivity contribution in [1.82, 2.24) is 4.72 Å². The number of hydrogen-bond donors (Lipinski definition) is 1. The van der Waals surface area contributed by atoms with Gasteiger partial charge in [0.1, 0.15) is 0 Å². The Labute approximate surface area is 152 Å². The number of hydrogen-bond acceptors (Lipinski definition) is 3. The minimum atomic E-state index is -3.52. The number of benzene rings is 2. The summed E-state index contributed by atoms with van der Waals surface area (Å²) in [5.74, 6) is 0. The predicted molar refractivity (Wildman–Crippen MR) is 100 cm³/mol. The minimum absolute atomic E-state index is 0.0513. The van der Waals surface area contributed by atoms with Crippen molar-refractivity contribution < 1.29 is 8.42 Å². The number of sulfonamides is 1. The Morgan fingerprint density at radius 3 is 2.33 bits per heavy atom. The molecule has 1 aliphatic rings. The average molecular weight is 382 g/mol. The van der Waals surface area contributed by atoms with Gasteiger partial charge in [0, 0.05) is 21.2 Å². The Morgan fingerprint density at radius 1 is 0.958 bits per heavy atom. The average Bonchev–Trinajstić information content (AvgIpc) is 2.58. The van der Waals surface area contributed by atoms with Gasteiger partial charge in [-0.1, -0.05) is 42.6 Å². The highest BCUT2D eigenvalue weighted by molar-refractivity contribution is 8.00. The van der Waals surface area contributed by atoms with Crippen LogP contribution in [0.2, 0.25) is 5.02 Å². The molecule has 0 amide bonds. The van der Waals surface area contributed by atoms with E-state index in [-0.39, 0.29) is 16.2 Å². The van der Waals surface area contributed by atoms with Crippen LogP contribution in [0.15, 0.2) is 64.4 Å². The lowest BCUT2D eigenvalue weighted by atomic mass is 9.96. The van der Waals surface area contributed by atoms with E-state index in [1.807, 2.05) is 18.2 Å². The third-order valence-electron chi connectivity index (χ3n) is 4.16. The highest BCUT2D eigenvalue weighted by Gasteiger charge is 2.30. The second-order valence-corrected chi connectivity index (χ2v) is 9.40. The molecule has 0 spiro atoms. The van der Waals surface area contributed by atoms with E-state index < -0.39 is 10.0 Å². The lowest BCUT2D eigenvalue weighted by Gasteiger charge is -2.31. The molecule has 3 rings (SSSR count). The molecule has 6 heteroatoms. The third kappa shape index (κ3) is 4.54. The van der Waals surface area contributed by atoms with Crippen LogP contribution in [0, 0.1) is 0 Å². The molecule has 0 aromatic heterocycles. The van der Waals surface area contributed by atoms with Gasteiger partial charge in [-0.2, -0.15) is 0 Å². The first kappa shape index (κ1) is 17.8. The van der Waals surface area contributed by atoms with Crippen LogP contribution in [0.5, 0.6) is 0 Å². The number of halogens is 1. The summed E-state index contributed by atoms with van der Waals surface area (Å²) < 4.78 is 28.2. The van der Waals surface area contributed by atoms with Crippen LogP contribution in [0.3, 0.4) is 0 Å². The van der Waals surface area contributed by atoms with Gasteiger partial charge in [0.15, 0.2) is 0 Å². The molecule has 24 heavy (non-hydrogen) atoms. The molecule has 1 aliphatic carbocycles. The molecule has 1 fully saturated rings. The summed E-state index contributed by atoms with van der Waals surface area (Å²) in [4.78, 5) is 1.45. The van der Waals surface area contributed by atoms with E-state index in [1.54, 1.807) is 36.0 Å². The lowest BCUT2D eigenvalue weighted by molar-refractivity contribution is 0.423. The monoisotopic (exact) mass is 381 g/mol. The minimum Gasteiger partial charge on any atom is -0.207 e. The Morgan fingerprint density at radius 2 is 1.62 bits per heavy atom. The van der Waals surface area contributed by atoms with E-state index in [9.17, 15) is 8.42 Å². The standard InChI is InChI=1S/C18H20ClNO2S2/c19-14-10-12-16(13-11-14)24(21,22)20-17-8-4-5-9-18(17)23-15-6-2-1-3-7-15/h1-3,6-7,10-13,17-18,20H,4-5,8-9H2. The quantitative estimate of drug-likeness (QED) is 0.814. The second-order valence-electron chi connectivity index (χ2n) is 5.94. The molecule has 2 aromatic carbocycles. The highest BCUT2D eigenvalue weighted by Crippen LogP contribution is 2.34. The molecule has 0 aliphatic heterocycles. The van der Waals surface area contributed by atoms with Gasteiger partial charge >= 0.3 is 0 Å². The molecule has 2 unspecified atom stereocenters. The first-order valence-electron chi connectivity index (χ1n) is 8.04. The van der Waals surface area contributed by atoms with E-state index in [4.69, 9.17) is 11.6 Å². The maximum absolute atomic E-state index is 12.6. The van der Waals surface area contributed by atoms with Crippen LogP contribution >= 0.6 is 23.4 Å². The highest BCUT2D eigenvalue weighted by atomic mass is 35.5. The van der Waals surface area contributed by atoms with Crippen molar-refractivity contribution in [2.75, 3.05) is 0 Å². The van der Waals surface area contributed by atoms with Crippen molar-refractivity contribution >= 4 is 33.4 Å². The summed E-state index contributed by atoms with van der Waals surface area (Å²) in [6.45, 7) is 0. The fourth-order valence-corrected chi connectivity index (χ4v) is 5.77. The second kappa shape index (κ2) is 7.91. The third-order valence-corrected chi connectivity index (χ3v) is 7.33. The van der Waals surface area contributed by atoms with Crippen molar-refractivity contribution in [3.05, 3.63) is 59.6 Å². The molecular formula is C18H20ClNO2S2. The van der Waals surface area contributed by atoms with E-state index in [0.717, 1.165) is 25.7 Å². The summed E-state index contributed by atoms with van der Waals surface area (Å²) >= 11 is 7.61. The summed E-state index contributed by atoms with van der Waals surface area (Å²) in [5.41, 5.74) is 0. The molecule has 1 saturated carbocycles. The normalized spacial score (nSPS) is 21.5. The van der Waals surface area contributed by atoms with Crippen LogP contribution in [0.25, 0.3) is 0 Å². The van der Waals surface area contributed by atoms with Crippen molar-refractivity contribution in [1.29, 1.82) is 0 Å². The Hall–Kier alpha value is -1.01. The summed E-state index contributed by atoms with van der Waals surface area (Å²) in [5, 5.41) is 0.785. The van der Waals surface area contributed by atoms with Gasteiger partial charge in [0.05, 0.1) is 4.90 Å². The number of nitrogens with one attached hydrogen (secondary N) is 1. The van der Waals surface area contributed by atoms with Gasteiger partial charge in [-0.25, -0.2) is 13.1 Å². The first-order valence-corrected chi connectivity index (χ1v) is 10.8. The maximum atomic E-state index is 12.6. The summed E-state index contributed by atoms with van der Waals surface area (Å²) in [6.07, 6.45) is 4.09. The van der Waals surface area contributed by atoms with Crippen LogP contribution < -0.4 is 4.72 Å².